The van der Waals surface area contributed by atoms with Gasteiger partial charge in [0.15, 0.2) is 0 Å². The van der Waals surface area contributed by atoms with Gasteiger partial charge in [0.2, 0.25) is 0 Å². The highest BCUT2D eigenvalue weighted by Gasteiger charge is 2.41. The molecule has 1 aliphatic heterocycles. The number of rotatable bonds is 6. The van der Waals surface area contributed by atoms with Gasteiger partial charge in [-0.2, -0.15) is 0 Å². The summed E-state index contributed by atoms with van der Waals surface area (Å²) < 4.78 is 5.82. The molecule has 0 aromatic heterocycles. The molecule has 1 fully saturated rings. The van der Waals surface area contributed by atoms with Gasteiger partial charge in [-0.05, 0) is 43.2 Å². The smallest absolute Gasteiger partial charge is 0.254 e. The highest BCUT2D eigenvalue weighted by molar-refractivity contribution is 5.96. The molecule has 1 amide bonds. The summed E-state index contributed by atoms with van der Waals surface area (Å²) in [5.74, 6) is 1.58. The van der Waals surface area contributed by atoms with Crippen LogP contribution in [0.15, 0.2) is 54.6 Å². The van der Waals surface area contributed by atoms with E-state index in [1.165, 1.54) is 0 Å². The molecule has 4 nitrogen and oxygen atoms in total. The Morgan fingerprint density at radius 3 is 2.54 bits per heavy atom. The van der Waals surface area contributed by atoms with Gasteiger partial charge in [-0.25, -0.2) is 0 Å². The van der Waals surface area contributed by atoms with E-state index in [4.69, 9.17) is 4.74 Å². The Morgan fingerprint density at radius 2 is 1.81 bits per heavy atom. The second-order valence-corrected chi connectivity index (χ2v) is 7.15. The Morgan fingerprint density at radius 1 is 1.08 bits per heavy atom. The van der Waals surface area contributed by atoms with Crippen molar-refractivity contribution in [2.45, 2.75) is 33.1 Å². The summed E-state index contributed by atoms with van der Waals surface area (Å²) in [7, 11) is 0. The van der Waals surface area contributed by atoms with Crippen molar-refractivity contribution in [2.24, 2.45) is 5.41 Å². The number of amides is 1. The van der Waals surface area contributed by atoms with Gasteiger partial charge in [-0.15, -0.1) is 0 Å². The first-order chi connectivity index (χ1) is 12.5. The third kappa shape index (κ3) is 3.96. The lowest BCUT2D eigenvalue weighted by atomic mass is 9.83. The number of carbonyl (C=O) groups excluding carboxylic acids is 2. The van der Waals surface area contributed by atoms with Crippen LogP contribution in [0.25, 0.3) is 0 Å². The molecule has 0 bridgehead atoms. The summed E-state index contributed by atoms with van der Waals surface area (Å²) in [6.45, 7) is 5.10. The van der Waals surface area contributed by atoms with Crippen LogP contribution in [-0.4, -0.2) is 29.7 Å². The minimum absolute atomic E-state index is 0.0449. The maximum atomic E-state index is 12.9. The molecule has 3 rings (SSSR count). The fourth-order valence-corrected chi connectivity index (χ4v) is 3.39. The molecule has 0 radical (unpaired) electrons. The Balaban J connectivity index is 1.71. The number of likely N-dealkylation sites (tertiary alicyclic amines) is 1. The summed E-state index contributed by atoms with van der Waals surface area (Å²) in [4.78, 5) is 27.0. The van der Waals surface area contributed by atoms with Crippen molar-refractivity contribution in [1.82, 2.24) is 4.90 Å². The molecule has 136 valence electrons. The average molecular weight is 351 g/mol. The van der Waals surface area contributed by atoms with E-state index >= 15 is 0 Å². The quantitative estimate of drug-likeness (QED) is 0.758. The van der Waals surface area contributed by atoms with Crippen LogP contribution in [0, 0.1) is 5.41 Å². The van der Waals surface area contributed by atoms with Crippen LogP contribution in [0.3, 0.4) is 0 Å². The summed E-state index contributed by atoms with van der Waals surface area (Å²) in [5.41, 5.74) is 0.176. The van der Waals surface area contributed by atoms with Gasteiger partial charge >= 0.3 is 0 Å². The van der Waals surface area contributed by atoms with Gasteiger partial charge in [0.1, 0.15) is 17.3 Å². The molecule has 2 aromatic rings. The first-order valence-corrected chi connectivity index (χ1v) is 9.17. The van der Waals surface area contributed by atoms with Gasteiger partial charge in [0.05, 0.1) is 0 Å². The number of nitrogens with zero attached hydrogens (tertiary/aromatic N) is 1. The van der Waals surface area contributed by atoms with Gasteiger partial charge in [0, 0.05) is 30.5 Å². The molecular formula is C22H25NO3. The Kier molecular flexibility index (Phi) is 5.40. The van der Waals surface area contributed by atoms with Crippen LogP contribution in [0.4, 0.5) is 0 Å². The number of para-hydroxylation sites is 1. The van der Waals surface area contributed by atoms with Gasteiger partial charge in [-0.3, -0.25) is 9.59 Å². The van der Waals surface area contributed by atoms with E-state index in [0.29, 0.717) is 30.8 Å². The van der Waals surface area contributed by atoms with Crippen LogP contribution in [0.1, 0.15) is 43.5 Å². The van der Waals surface area contributed by atoms with Crippen LogP contribution in [0.2, 0.25) is 0 Å². The molecule has 1 heterocycles. The fourth-order valence-electron chi connectivity index (χ4n) is 3.39. The molecule has 0 saturated carbocycles. The van der Waals surface area contributed by atoms with Crippen LogP contribution in [-0.2, 0) is 4.79 Å². The monoisotopic (exact) mass is 351 g/mol. The second kappa shape index (κ2) is 7.73. The number of ether oxygens (including phenoxy) is 1. The molecule has 0 spiro atoms. The number of ketones is 1. The lowest BCUT2D eigenvalue weighted by Gasteiger charge is -2.23. The largest absolute Gasteiger partial charge is 0.457 e. The highest BCUT2D eigenvalue weighted by atomic mass is 16.5. The molecule has 26 heavy (non-hydrogen) atoms. The Labute approximate surface area is 154 Å². The molecule has 1 unspecified atom stereocenters. The van der Waals surface area contributed by atoms with Gasteiger partial charge < -0.3 is 9.64 Å². The van der Waals surface area contributed by atoms with E-state index in [-0.39, 0.29) is 11.7 Å². The number of hydrogen-bond acceptors (Lipinski definition) is 3. The third-order valence-corrected chi connectivity index (χ3v) is 4.97. The van der Waals surface area contributed by atoms with Crippen LogP contribution >= 0.6 is 0 Å². The SMILES string of the molecule is CCCC(=O)C1(C)CCN(C(=O)c2cccc(Oc3ccccc3)c2)C1. The maximum Gasteiger partial charge on any atom is 0.254 e. The van der Waals surface area contributed by atoms with Crippen molar-refractivity contribution in [3.8, 4) is 11.5 Å². The van der Waals surface area contributed by atoms with Crippen molar-refractivity contribution >= 4 is 11.7 Å². The number of Topliss-reactive ketones (excluding diaryl/α,β-unsaturated/α-hetero) is 1. The minimum atomic E-state index is -0.413. The zero-order valence-electron chi connectivity index (χ0n) is 15.4. The van der Waals surface area contributed by atoms with Crippen LogP contribution in [0.5, 0.6) is 11.5 Å². The lowest BCUT2D eigenvalue weighted by Crippen LogP contribution is -2.34. The minimum Gasteiger partial charge on any atom is -0.457 e. The van der Waals surface area contributed by atoms with Crippen molar-refractivity contribution in [3.63, 3.8) is 0 Å². The molecule has 0 aliphatic carbocycles. The molecule has 1 saturated heterocycles. The van der Waals surface area contributed by atoms with Crippen molar-refractivity contribution in [3.05, 3.63) is 60.2 Å². The number of carbonyl (C=O) groups is 2. The van der Waals surface area contributed by atoms with Crippen LogP contribution < -0.4 is 4.74 Å². The van der Waals surface area contributed by atoms with E-state index < -0.39 is 5.41 Å². The van der Waals surface area contributed by atoms with E-state index in [1.807, 2.05) is 56.3 Å². The standard InChI is InChI=1S/C22H25NO3/c1-3-8-20(24)22(2)13-14-23(16-22)21(25)17-9-7-12-19(15-17)26-18-10-5-4-6-11-18/h4-7,9-12,15H,3,8,13-14,16H2,1-2H3. The van der Waals surface area contributed by atoms with E-state index in [1.54, 1.807) is 17.0 Å². The molecule has 4 heteroatoms. The van der Waals surface area contributed by atoms with Crippen molar-refractivity contribution < 1.29 is 14.3 Å². The maximum absolute atomic E-state index is 12.9. The van der Waals surface area contributed by atoms with E-state index in [0.717, 1.165) is 18.6 Å². The Hall–Kier alpha value is -2.62. The third-order valence-electron chi connectivity index (χ3n) is 4.97. The lowest BCUT2D eigenvalue weighted by molar-refractivity contribution is -0.127. The number of hydrogen-bond donors (Lipinski definition) is 0. The summed E-state index contributed by atoms with van der Waals surface area (Å²) in [6, 6.07) is 16.7. The average Bonchev–Trinajstić information content (AvgIpc) is 3.06. The summed E-state index contributed by atoms with van der Waals surface area (Å²) >= 11 is 0. The van der Waals surface area contributed by atoms with Gasteiger partial charge in [-0.1, -0.05) is 38.1 Å². The Bertz CT molecular complexity index is 787. The molecule has 1 atom stereocenters. The molecule has 1 aliphatic rings. The summed E-state index contributed by atoms with van der Waals surface area (Å²) in [6.07, 6.45) is 2.16. The first kappa shape index (κ1) is 18.2. The molecule has 0 N–H and O–H groups in total. The molecule has 2 aromatic carbocycles. The predicted octanol–water partition coefficient (Wildman–Crippen LogP) is 4.70. The number of benzene rings is 2. The highest BCUT2D eigenvalue weighted by Crippen LogP contribution is 2.33. The summed E-state index contributed by atoms with van der Waals surface area (Å²) in [5, 5.41) is 0. The van der Waals surface area contributed by atoms with Crippen molar-refractivity contribution in [2.75, 3.05) is 13.1 Å². The zero-order chi connectivity index (χ0) is 18.6. The topological polar surface area (TPSA) is 46.6 Å². The van der Waals surface area contributed by atoms with Crippen molar-refractivity contribution in [1.29, 1.82) is 0 Å². The second-order valence-electron chi connectivity index (χ2n) is 7.15. The van der Waals surface area contributed by atoms with E-state index in [9.17, 15) is 9.59 Å². The predicted molar refractivity (Wildman–Crippen MR) is 102 cm³/mol. The normalized spacial score (nSPS) is 19.4. The van der Waals surface area contributed by atoms with E-state index in [2.05, 4.69) is 0 Å². The fraction of sp³-hybridized carbons (Fsp3) is 0.364. The molecular weight excluding hydrogens is 326 g/mol. The first-order valence-electron chi connectivity index (χ1n) is 9.17. The van der Waals surface area contributed by atoms with Gasteiger partial charge in [0.25, 0.3) is 5.91 Å². The zero-order valence-corrected chi connectivity index (χ0v) is 15.4.